The zero-order valence-corrected chi connectivity index (χ0v) is 17.2. The van der Waals surface area contributed by atoms with E-state index in [0.29, 0.717) is 17.2 Å². The number of aromatic amines is 1. The van der Waals surface area contributed by atoms with Gasteiger partial charge in [-0.25, -0.2) is 13.4 Å². The van der Waals surface area contributed by atoms with Crippen LogP contribution in [0.3, 0.4) is 0 Å². The molecule has 4 rings (SSSR count). The Balaban J connectivity index is 1.64. The van der Waals surface area contributed by atoms with Crippen LogP contribution >= 0.6 is 11.6 Å². The zero-order chi connectivity index (χ0) is 19.9. The number of nitrogens with zero attached hydrogens (tertiary/aromatic N) is 2. The number of hydrogen-bond donors (Lipinski definition) is 2. The molecule has 2 aromatic heterocycles. The fraction of sp³-hybridized carbons (Fsp3) is 0.300. The molecule has 2 N–H and O–H groups in total. The van der Waals surface area contributed by atoms with Gasteiger partial charge in [-0.1, -0.05) is 43.6 Å². The third-order valence-corrected chi connectivity index (χ3v) is 7.06. The highest BCUT2D eigenvalue weighted by molar-refractivity contribution is 7.91. The summed E-state index contributed by atoms with van der Waals surface area (Å²) in [7, 11) is -3.75. The van der Waals surface area contributed by atoms with Crippen molar-refractivity contribution in [3.05, 3.63) is 59.4 Å². The van der Waals surface area contributed by atoms with Crippen LogP contribution in [0.25, 0.3) is 0 Å². The Bertz CT molecular complexity index is 1100. The first kappa shape index (κ1) is 19.0. The Labute approximate surface area is 169 Å². The maximum absolute atomic E-state index is 13.0. The second kappa shape index (κ2) is 6.90. The smallest absolute Gasteiger partial charge is 0.210 e. The summed E-state index contributed by atoms with van der Waals surface area (Å²) in [4.78, 5) is 4.44. The number of H-pyrrole nitrogens is 1. The van der Waals surface area contributed by atoms with Crippen LogP contribution in [-0.4, -0.2) is 23.6 Å². The second-order valence-corrected chi connectivity index (χ2v) is 10.2. The molecule has 0 saturated heterocycles. The van der Waals surface area contributed by atoms with E-state index in [9.17, 15) is 8.42 Å². The second-order valence-electron chi connectivity index (χ2n) is 7.90. The normalized spacial score (nSPS) is 16.5. The van der Waals surface area contributed by atoms with Crippen molar-refractivity contribution in [3.8, 4) is 0 Å². The van der Waals surface area contributed by atoms with Gasteiger partial charge in [0.15, 0.2) is 11.6 Å². The highest BCUT2D eigenvalue weighted by atomic mass is 35.5. The lowest BCUT2D eigenvalue weighted by Crippen LogP contribution is -2.29. The first-order valence-electron chi connectivity index (χ1n) is 9.04. The summed E-state index contributed by atoms with van der Waals surface area (Å²) in [5.41, 5.74) is 1.39. The molecule has 3 aromatic rings. The molecule has 1 aliphatic rings. The predicted molar refractivity (Wildman–Crippen MR) is 109 cm³/mol. The summed E-state index contributed by atoms with van der Waals surface area (Å²) in [6.07, 6.45) is 2.19. The lowest BCUT2D eigenvalue weighted by atomic mass is 9.63. The van der Waals surface area contributed by atoms with E-state index in [0.717, 1.165) is 18.5 Å². The van der Waals surface area contributed by atoms with Crippen molar-refractivity contribution in [2.24, 2.45) is 5.41 Å². The van der Waals surface area contributed by atoms with Crippen LogP contribution in [0.5, 0.6) is 0 Å². The fourth-order valence-electron chi connectivity index (χ4n) is 3.68. The van der Waals surface area contributed by atoms with E-state index in [2.05, 4.69) is 34.3 Å². The summed E-state index contributed by atoms with van der Waals surface area (Å²) in [6, 6.07) is 13.1. The molecule has 2 heterocycles. The van der Waals surface area contributed by atoms with Crippen molar-refractivity contribution in [1.82, 2.24) is 15.2 Å². The van der Waals surface area contributed by atoms with E-state index in [1.165, 1.54) is 12.1 Å². The summed E-state index contributed by atoms with van der Waals surface area (Å²) in [5, 5.41) is 10.5. The minimum atomic E-state index is -3.75. The molecule has 6 nitrogen and oxygen atoms in total. The van der Waals surface area contributed by atoms with Gasteiger partial charge in [-0.15, -0.1) is 0 Å². The van der Waals surface area contributed by atoms with Gasteiger partial charge in [0, 0.05) is 17.7 Å². The van der Waals surface area contributed by atoms with Crippen molar-refractivity contribution in [2.45, 2.75) is 42.4 Å². The molecule has 0 atom stereocenters. The number of halogens is 1. The molecule has 0 unspecified atom stereocenters. The van der Waals surface area contributed by atoms with E-state index in [1.54, 1.807) is 30.3 Å². The van der Waals surface area contributed by atoms with Crippen molar-refractivity contribution >= 4 is 33.1 Å². The highest BCUT2D eigenvalue weighted by Gasteiger charge is 2.37. The zero-order valence-electron chi connectivity index (χ0n) is 15.6. The molecule has 1 aliphatic carbocycles. The molecular formula is C20H21ClN4O2S. The van der Waals surface area contributed by atoms with Crippen LogP contribution < -0.4 is 5.32 Å². The van der Waals surface area contributed by atoms with Gasteiger partial charge >= 0.3 is 0 Å². The minimum Gasteiger partial charge on any atom is -0.322 e. The van der Waals surface area contributed by atoms with Gasteiger partial charge in [-0.05, 0) is 42.5 Å². The third kappa shape index (κ3) is 3.64. The maximum atomic E-state index is 13.0. The van der Waals surface area contributed by atoms with Gasteiger partial charge in [0.25, 0.3) is 0 Å². The molecule has 1 fully saturated rings. The van der Waals surface area contributed by atoms with E-state index in [1.807, 2.05) is 6.07 Å². The van der Waals surface area contributed by atoms with Gasteiger partial charge in [0.1, 0.15) is 10.0 Å². The van der Waals surface area contributed by atoms with Gasteiger partial charge in [-0.2, -0.15) is 5.10 Å². The fourth-order valence-corrected chi connectivity index (χ4v) is 5.20. The topological polar surface area (TPSA) is 87.7 Å². The Morgan fingerprint density at radius 2 is 1.86 bits per heavy atom. The van der Waals surface area contributed by atoms with Gasteiger partial charge in [-0.3, -0.25) is 5.10 Å². The number of hydrogen-bond acceptors (Lipinski definition) is 5. The molecule has 8 heteroatoms. The Kier molecular flexibility index (Phi) is 4.67. The summed E-state index contributed by atoms with van der Waals surface area (Å²) in [6.45, 7) is 4.49. The standard InChI is InChI=1S/C20H21ClN4O2S/c1-20(2)11-13(12-20)15-10-18(25-24-15)23-19-16(8-9-17(21)22-19)28(26,27)14-6-4-3-5-7-14/h3-10,13H,11-12H2,1-2H3,(H2,22,23,24,25). The number of rotatable bonds is 5. The molecule has 1 aromatic carbocycles. The van der Waals surface area contributed by atoms with Crippen molar-refractivity contribution < 1.29 is 8.42 Å². The Hall–Kier alpha value is -2.38. The van der Waals surface area contributed by atoms with Gasteiger partial charge in [0.05, 0.1) is 4.90 Å². The van der Waals surface area contributed by atoms with E-state index in [4.69, 9.17) is 11.6 Å². The molecule has 0 radical (unpaired) electrons. The summed E-state index contributed by atoms with van der Waals surface area (Å²) >= 11 is 6.02. The maximum Gasteiger partial charge on any atom is 0.210 e. The quantitative estimate of drug-likeness (QED) is 0.575. The number of sulfone groups is 1. The monoisotopic (exact) mass is 416 g/mol. The molecule has 0 amide bonds. The van der Waals surface area contributed by atoms with Crippen LogP contribution in [-0.2, 0) is 9.84 Å². The summed E-state index contributed by atoms with van der Waals surface area (Å²) < 4.78 is 26.1. The molecule has 0 bridgehead atoms. The van der Waals surface area contributed by atoms with Crippen molar-refractivity contribution in [2.75, 3.05) is 5.32 Å². The number of anilines is 2. The minimum absolute atomic E-state index is 0.0532. The number of benzene rings is 1. The average molecular weight is 417 g/mol. The molecule has 28 heavy (non-hydrogen) atoms. The van der Waals surface area contributed by atoms with E-state index in [-0.39, 0.29) is 20.8 Å². The Morgan fingerprint density at radius 1 is 1.14 bits per heavy atom. The number of aromatic nitrogens is 3. The lowest BCUT2D eigenvalue weighted by Gasteiger charge is -2.42. The van der Waals surface area contributed by atoms with Crippen LogP contribution in [0.4, 0.5) is 11.6 Å². The molecule has 1 saturated carbocycles. The largest absolute Gasteiger partial charge is 0.322 e. The highest BCUT2D eigenvalue weighted by Crippen LogP contribution is 2.50. The first-order valence-corrected chi connectivity index (χ1v) is 10.9. The van der Waals surface area contributed by atoms with Crippen molar-refractivity contribution in [3.63, 3.8) is 0 Å². The predicted octanol–water partition coefficient (Wildman–Crippen LogP) is 4.94. The van der Waals surface area contributed by atoms with E-state index < -0.39 is 9.84 Å². The molecule has 146 valence electrons. The van der Waals surface area contributed by atoms with Crippen LogP contribution in [0.2, 0.25) is 5.15 Å². The van der Waals surface area contributed by atoms with Crippen molar-refractivity contribution in [1.29, 1.82) is 0 Å². The molecule has 0 aliphatic heterocycles. The average Bonchev–Trinajstić information content (AvgIpc) is 3.08. The lowest BCUT2D eigenvalue weighted by molar-refractivity contribution is 0.148. The SMILES string of the molecule is CC1(C)CC(c2cc(Nc3nc(Cl)ccc3S(=O)(=O)c3ccccc3)n[nH]2)C1. The van der Waals surface area contributed by atoms with Crippen LogP contribution in [0, 0.1) is 5.41 Å². The van der Waals surface area contributed by atoms with Crippen LogP contribution in [0.15, 0.2) is 58.3 Å². The van der Waals surface area contributed by atoms with E-state index >= 15 is 0 Å². The number of pyridine rings is 1. The number of nitrogens with one attached hydrogen (secondary N) is 2. The molecule has 0 spiro atoms. The third-order valence-electron chi connectivity index (χ3n) is 5.05. The summed E-state index contributed by atoms with van der Waals surface area (Å²) in [5.74, 6) is 1.11. The molecular weight excluding hydrogens is 396 g/mol. The Morgan fingerprint density at radius 3 is 2.54 bits per heavy atom. The van der Waals surface area contributed by atoms with Gasteiger partial charge < -0.3 is 5.32 Å². The van der Waals surface area contributed by atoms with Crippen LogP contribution in [0.1, 0.15) is 38.3 Å². The first-order chi connectivity index (χ1) is 13.2. The van der Waals surface area contributed by atoms with Gasteiger partial charge in [0.2, 0.25) is 9.84 Å².